The van der Waals surface area contributed by atoms with E-state index in [2.05, 4.69) is 5.10 Å². The Balaban J connectivity index is 1.67. The minimum atomic E-state index is -1.49. The lowest BCUT2D eigenvalue weighted by molar-refractivity contribution is -0.231. The van der Waals surface area contributed by atoms with Gasteiger partial charge in [0.2, 0.25) is 0 Å². The number of ether oxygens (including phenoxy) is 1. The van der Waals surface area contributed by atoms with Crippen molar-refractivity contribution in [3.05, 3.63) is 68.2 Å². The van der Waals surface area contributed by atoms with Crippen LogP contribution in [-0.2, 0) is 11.3 Å². The van der Waals surface area contributed by atoms with Crippen molar-refractivity contribution < 1.29 is 25.2 Å². The van der Waals surface area contributed by atoms with Crippen LogP contribution in [0.3, 0.4) is 0 Å². The van der Waals surface area contributed by atoms with Crippen molar-refractivity contribution in [3.8, 4) is 0 Å². The highest BCUT2D eigenvalue weighted by Gasteiger charge is 2.44. The molecule has 4 N–H and O–H groups in total. The van der Waals surface area contributed by atoms with Crippen molar-refractivity contribution in [1.82, 2.24) is 14.2 Å². The fourth-order valence-corrected chi connectivity index (χ4v) is 3.86. The molecule has 1 saturated heterocycles. The maximum Gasteiger partial charge on any atom is 0.350 e. The number of hydrogen-bond donors (Lipinski definition) is 4. The highest BCUT2D eigenvalue weighted by molar-refractivity contribution is 6.31. The van der Waals surface area contributed by atoms with Crippen LogP contribution in [0.5, 0.6) is 0 Å². The van der Waals surface area contributed by atoms with Gasteiger partial charge in [0.1, 0.15) is 30.5 Å². The number of aromatic nitrogens is 3. The molecule has 0 bridgehead atoms. The molecule has 0 saturated carbocycles. The van der Waals surface area contributed by atoms with Gasteiger partial charge < -0.3 is 25.2 Å². The molecule has 9 nitrogen and oxygen atoms in total. The standard InChI is InChI=1S/C19H19Cl2N3O6/c20-11-3-4-23-14(6-11)22-24(19(23)29)7-10-5-9(1-2-12(10)21)18-17(28)16(27)15(26)13(8-25)30-18/h1-6,13,15-18,25-28H,7-8H2/t13-,15-,16+,17+,18+/m1/s1. The molecule has 1 aliphatic heterocycles. The summed E-state index contributed by atoms with van der Waals surface area (Å²) in [6, 6.07) is 7.94. The topological polar surface area (TPSA) is 129 Å². The molecule has 0 amide bonds. The fraction of sp³-hybridized carbons (Fsp3) is 0.368. The number of hydrogen-bond acceptors (Lipinski definition) is 7. The first-order chi connectivity index (χ1) is 14.3. The molecule has 3 aromatic rings. The Morgan fingerprint density at radius 1 is 1.07 bits per heavy atom. The van der Waals surface area contributed by atoms with Crippen LogP contribution in [0.4, 0.5) is 0 Å². The molecule has 160 valence electrons. The van der Waals surface area contributed by atoms with Crippen molar-refractivity contribution in [2.75, 3.05) is 6.61 Å². The summed E-state index contributed by atoms with van der Waals surface area (Å²) >= 11 is 12.3. The summed E-state index contributed by atoms with van der Waals surface area (Å²) in [5.74, 6) is 0. The second kappa shape index (κ2) is 8.27. The van der Waals surface area contributed by atoms with E-state index in [0.29, 0.717) is 26.8 Å². The number of rotatable bonds is 4. The summed E-state index contributed by atoms with van der Waals surface area (Å²) in [6.45, 7) is -0.483. The quantitative estimate of drug-likeness (QED) is 0.446. The Hall–Kier alpha value is -1.98. The average Bonchev–Trinajstić information content (AvgIpc) is 3.03. The largest absolute Gasteiger partial charge is 0.394 e. The van der Waals surface area contributed by atoms with Crippen LogP contribution in [0.1, 0.15) is 17.2 Å². The zero-order valence-corrected chi connectivity index (χ0v) is 17.0. The number of benzene rings is 1. The summed E-state index contributed by atoms with van der Waals surface area (Å²) in [7, 11) is 0. The second-order valence-electron chi connectivity index (χ2n) is 7.11. The maximum absolute atomic E-state index is 12.6. The summed E-state index contributed by atoms with van der Waals surface area (Å²) in [5.41, 5.74) is 0.999. The number of aliphatic hydroxyl groups excluding tert-OH is 4. The number of pyridine rings is 1. The van der Waals surface area contributed by atoms with E-state index in [0.717, 1.165) is 0 Å². The van der Waals surface area contributed by atoms with Crippen LogP contribution >= 0.6 is 23.2 Å². The summed E-state index contributed by atoms with van der Waals surface area (Å²) < 4.78 is 8.17. The molecule has 0 aliphatic carbocycles. The molecular formula is C19H19Cl2N3O6. The highest BCUT2D eigenvalue weighted by Crippen LogP contribution is 2.34. The van der Waals surface area contributed by atoms with Gasteiger partial charge in [0.25, 0.3) is 0 Å². The molecule has 1 aromatic carbocycles. The van der Waals surface area contributed by atoms with Gasteiger partial charge in [-0.15, -0.1) is 5.10 Å². The molecular weight excluding hydrogens is 437 g/mol. The SMILES string of the molecule is O=c1n(Cc2cc([C@@H]3O[C@H](CO)[C@@H](O)[C@H](O)[C@@H]3O)ccc2Cl)nc2cc(Cl)ccn12. The smallest absolute Gasteiger partial charge is 0.350 e. The summed E-state index contributed by atoms with van der Waals surface area (Å²) in [6.07, 6.45) is -4.87. The van der Waals surface area contributed by atoms with Crippen molar-refractivity contribution in [2.24, 2.45) is 0 Å². The number of nitrogens with zero attached hydrogens (tertiary/aromatic N) is 3. The van der Waals surface area contributed by atoms with E-state index in [1.54, 1.807) is 30.3 Å². The van der Waals surface area contributed by atoms with E-state index < -0.39 is 37.1 Å². The Morgan fingerprint density at radius 3 is 2.57 bits per heavy atom. The second-order valence-corrected chi connectivity index (χ2v) is 7.96. The van der Waals surface area contributed by atoms with Crippen molar-refractivity contribution >= 4 is 28.8 Å². The minimum absolute atomic E-state index is 0.0439. The summed E-state index contributed by atoms with van der Waals surface area (Å²) in [4.78, 5) is 12.6. The molecule has 5 atom stereocenters. The monoisotopic (exact) mass is 455 g/mol. The van der Waals surface area contributed by atoms with Crippen LogP contribution in [-0.4, -0.2) is 65.6 Å². The van der Waals surface area contributed by atoms with Gasteiger partial charge in [-0.25, -0.2) is 9.48 Å². The maximum atomic E-state index is 12.6. The van der Waals surface area contributed by atoms with E-state index in [1.807, 2.05) is 0 Å². The minimum Gasteiger partial charge on any atom is -0.394 e. The Morgan fingerprint density at radius 2 is 1.83 bits per heavy atom. The van der Waals surface area contributed by atoms with Gasteiger partial charge in [-0.1, -0.05) is 29.3 Å². The first-order valence-corrected chi connectivity index (χ1v) is 9.89. The highest BCUT2D eigenvalue weighted by atomic mass is 35.5. The molecule has 1 fully saturated rings. The van der Waals surface area contributed by atoms with Crippen molar-refractivity contribution in [3.63, 3.8) is 0 Å². The molecule has 0 unspecified atom stereocenters. The first-order valence-electron chi connectivity index (χ1n) is 9.13. The molecule has 11 heteroatoms. The Labute approximate surface area is 180 Å². The Kier molecular flexibility index (Phi) is 5.86. The van der Waals surface area contributed by atoms with E-state index in [-0.39, 0.29) is 12.2 Å². The lowest BCUT2D eigenvalue weighted by Gasteiger charge is -2.40. The van der Waals surface area contributed by atoms with Gasteiger partial charge in [-0.2, -0.15) is 0 Å². The van der Waals surface area contributed by atoms with Crippen molar-refractivity contribution in [2.45, 2.75) is 37.1 Å². The van der Waals surface area contributed by atoms with Crippen LogP contribution in [0.2, 0.25) is 10.0 Å². The third kappa shape index (κ3) is 3.74. The zero-order valence-electron chi connectivity index (χ0n) is 15.5. The first kappa shape index (κ1) is 21.3. The average molecular weight is 456 g/mol. The van der Waals surface area contributed by atoms with E-state index in [9.17, 15) is 25.2 Å². The number of aliphatic hydroxyl groups is 4. The zero-order chi connectivity index (χ0) is 21.6. The Bertz CT molecular complexity index is 1130. The summed E-state index contributed by atoms with van der Waals surface area (Å²) in [5, 5.41) is 44.8. The predicted molar refractivity (Wildman–Crippen MR) is 108 cm³/mol. The predicted octanol–water partition coefficient (Wildman–Crippen LogP) is 0.366. The third-order valence-corrected chi connectivity index (χ3v) is 5.76. The van der Waals surface area contributed by atoms with Crippen LogP contribution in [0.15, 0.2) is 41.3 Å². The number of halogens is 2. The number of fused-ring (bicyclic) bond motifs is 1. The molecule has 1 aliphatic rings. The van der Waals surface area contributed by atoms with Gasteiger partial charge in [0.05, 0.1) is 13.2 Å². The van der Waals surface area contributed by atoms with Gasteiger partial charge in [0.15, 0.2) is 5.65 Å². The third-order valence-electron chi connectivity index (χ3n) is 5.16. The van der Waals surface area contributed by atoms with Gasteiger partial charge in [-0.05, 0) is 29.3 Å². The molecule has 2 aromatic heterocycles. The molecule has 0 spiro atoms. The van der Waals surface area contributed by atoms with E-state index in [4.69, 9.17) is 27.9 Å². The van der Waals surface area contributed by atoms with Crippen LogP contribution in [0.25, 0.3) is 5.65 Å². The lowest BCUT2D eigenvalue weighted by Crippen LogP contribution is -2.55. The fourth-order valence-electron chi connectivity index (χ4n) is 3.53. The molecule has 0 radical (unpaired) electrons. The molecule has 30 heavy (non-hydrogen) atoms. The molecule has 3 heterocycles. The van der Waals surface area contributed by atoms with Gasteiger partial charge in [0, 0.05) is 22.3 Å². The van der Waals surface area contributed by atoms with Gasteiger partial charge >= 0.3 is 5.69 Å². The van der Waals surface area contributed by atoms with E-state index in [1.165, 1.54) is 15.3 Å². The molecule has 4 rings (SSSR count). The van der Waals surface area contributed by atoms with Crippen LogP contribution < -0.4 is 5.69 Å². The van der Waals surface area contributed by atoms with Crippen LogP contribution in [0, 0.1) is 0 Å². The van der Waals surface area contributed by atoms with Gasteiger partial charge in [-0.3, -0.25) is 4.40 Å². The normalized spacial score (nSPS) is 26.9. The lowest BCUT2D eigenvalue weighted by atomic mass is 9.90. The van der Waals surface area contributed by atoms with E-state index >= 15 is 0 Å². The van der Waals surface area contributed by atoms with Crippen molar-refractivity contribution in [1.29, 1.82) is 0 Å².